The fourth-order valence-electron chi connectivity index (χ4n) is 4.28. The smallest absolute Gasteiger partial charge is 0.306 e. The van der Waals surface area contributed by atoms with Crippen molar-refractivity contribution in [1.29, 1.82) is 0 Å². The van der Waals surface area contributed by atoms with Gasteiger partial charge >= 0.3 is 5.97 Å². The van der Waals surface area contributed by atoms with Crippen LogP contribution in [0.15, 0.2) is 60.7 Å². The Bertz CT molecular complexity index is 1100. The second-order valence-electron chi connectivity index (χ2n) is 8.55. The van der Waals surface area contributed by atoms with Gasteiger partial charge in [-0.05, 0) is 79.1 Å². The van der Waals surface area contributed by atoms with Crippen molar-refractivity contribution in [1.82, 2.24) is 4.98 Å². The van der Waals surface area contributed by atoms with Crippen molar-refractivity contribution < 1.29 is 18.7 Å². The van der Waals surface area contributed by atoms with Crippen molar-refractivity contribution in [2.75, 3.05) is 25.1 Å². The van der Waals surface area contributed by atoms with Crippen LogP contribution in [0.25, 0.3) is 0 Å². The molecule has 1 aliphatic heterocycles. The Balaban J connectivity index is 1.34. The average Bonchev–Trinajstić information content (AvgIpc) is 2.85. The molecule has 3 aromatic rings. The molecule has 178 valence electrons. The minimum absolute atomic E-state index is 0.162. The minimum atomic E-state index is -0.306. The maximum Gasteiger partial charge on any atom is 0.306 e. The monoisotopic (exact) mass is 462 g/mol. The number of halogens is 1. The van der Waals surface area contributed by atoms with Crippen LogP contribution in [-0.4, -0.2) is 30.7 Å². The summed E-state index contributed by atoms with van der Waals surface area (Å²) in [6.07, 6.45) is 3.78. The van der Waals surface area contributed by atoms with E-state index in [2.05, 4.69) is 17.4 Å². The first-order valence-electron chi connectivity index (χ1n) is 12.0. The number of hydrogen-bond donors (Lipinski definition) is 1. The average molecular weight is 463 g/mol. The Morgan fingerprint density at radius 1 is 1.15 bits per heavy atom. The molecule has 1 aliphatic rings. The number of anilines is 1. The summed E-state index contributed by atoms with van der Waals surface area (Å²) in [5, 5.41) is 3.36. The van der Waals surface area contributed by atoms with Crippen molar-refractivity contribution in [3.8, 4) is 5.75 Å². The Morgan fingerprint density at radius 2 is 2.00 bits per heavy atom. The number of ether oxygens (including phenoxy) is 2. The van der Waals surface area contributed by atoms with Crippen LogP contribution in [0.2, 0.25) is 0 Å². The zero-order valence-electron chi connectivity index (χ0n) is 19.6. The van der Waals surface area contributed by atoms with Gasteiger partial charge in [0.2, 0.25) is 0 Å². The zero-order chi connectivity index (χ0) is 23.8. The predicted molar refractivity (Wildman–Crippen MR) is 131 cm³/mol. The maximum atomic E-state index is 13.8. The van der Waals surface area contributed by atoms with E-state index in [9.17, 15) is 9.18 Å². The number of rotatable bonds is 10. The fourth-order valence-corrected chi connectivity index (χ4v) is 4.28. The molecular formula is C28H31FN2O3. The summed E-state index contributed by atoms with van der Waals surface area (Å²) in [4.78, 5) is 16.8. The molecule has 5 nitrogen and oxygen atoms in total. The van der Waals surface area contributed by atoms with Gasteiger partial charge in [-0.15, -0.1) is 0 Å². The molecule has 34 heavy (non-hydrogen) atoms. The van der Waals surface area contributed by atoms with E-state index in [0.717, 1.165) is 54.2 Å². The third-order valence-electron chi connectivity index (χ3n) is 6.02. The lowest BCUT2D eigenvalue weighted by Crippen LogP contribution is -2.14. The second-order valence-corrected chi connectivity index (χ2v) is 8.55. The number of nitrogens with one attached hydrogen (secondary N) is 1. The Labute approximate surface area is 200 Å². The molecule has 2 heterocycles. The SMILES string of the molecule is CCOC(=O)C[C@H](Cc1ccc(OCCc2ccc3c(n2)NCCC3)cc1)c1cccc(F)c1. The number of aromatic nitrogens is 1. The molecule has 0 amide bonds. The highest BCUT2D eigenvalue weighted by Crippen LogP contribution is 2.27. The first kappa shape index (κ1) is 23.7. The molecule has 0 spiro atoms. The summed E-state index contributed by atoms with van der Waals surface area (Å²) in [5.41, 5.74) is 4.14. The molecule has 0 bridgehead atoms. The number of fused-ring (bicyclic) bond motifs is 1. The van der Waals surface area contributed by atoms with E-state index >= 15 is 0 Å². The van der Waals surface area contributed by atoms with E-state index in [4.69, 9.17) is 14.5 Å². The number of hydrogen-bond acceptors (Lipinski definition) is 5. The molecule has 1 N–H and O–H groups in total. The highest BCUT2D eigenvalue weighted by Gasteiger charge is 2.18. The summed E-state index contributed by atoms with van der Waals surface area (Å²) in [5.74, 6) is 1.04. The lowest BCUT2D eigenvalue weighted by molar-refractivity contribution is -0.143. The molecule has 0 saturated heterocycles. The van der Waals surface area contributed by atoms with Crippen LogP contribution in [0, 0.1) is 5.82 Å². The number of carbonyl (C=O) groups excluding carboxylic acids is 1. The number of nitrogens with zero attached hydrogens (tertiary/aromatic N) is 1. The maximum absolute atomic E-state index is 13.8. The Kier molecular flexibility index (Phi) is 8.12. The normalized spacial score (nSPS) is 13.5. The van der Waals surface area contributed by atoms with Crippen molar-refractivity contribution in [2.24, 2.45) is 0 Å². The van der Waals surface area contributed by atoms with Gasteiger partial charge in [-0.3, -0.25) is 4.79 Å². The van der Waals surface area contributed by atoms with E-state index in [1.807, 2.05) is 30.3 Å². The third-order valence-corrected chi connectivity index (χ3v) is 6.02. The van der Waals surface area contributed by atoms with Crippen LogP contribution in [0.4, 0.5) is 10.2 Å². The van der Waals surface area contributed by atoms with Crippen molar-refractivity contribution in [3.63, 3.8) is 0 Å². The standard InChI is InChI=1S/C28H31FN2O3/c1-2-33-27(32)19-23(22-5-3-7-24(29)18-22)17-20-8-12-26(13-9-20)34-16-14-25-11-10-21-6-4-15-30-28(21)31-25/h3,5,7-13,18,23H,2,4,6,14-17,19H2,1H3,(H,30,31)/t23-/m0/s1. The van der Waals surface area contributed by atoms with Crippen molar-refractivity contribution in [2.45, 2.75) is 44.9 Å². The van der Waals surface area contributed by atoms with Crippen LogP contribution >= 0.6 is 0 Å². The quantitative estimate of drug-likeness (QED) is 0.404. The molecule has 2 aromatic carbocycles. The molecule has 0 unspecified atom stereocenters. The first-order valence-corrected chi connectivity index (χ1v) is 12.0. The van der Waals surface area contributed by atoms with Crippen LogP contribution in [0.5, 0.6) is 5.75 Å². The second kappa shape index (κ2) is 11.6. The van der Waals surface area contributed by atoms with Gasteiger partial charge in [-0.1, -0.05) is 30.3 Å². The number of aryl methyl sites for hydroxylation is 1. The van der Waals surface area contributed by atoms with E-state index in [0.29, 0.717) is 19.6 Å². The number of pyridine rings is 1. The van der Waals surface area contributed by atoms with Gasteiger partial charge in [0.15, 0.2) is 0 Å². The molecule has 0 saturated carbocycles. The highest BCUT2D eigenvalue weighted by atomic mass is 19.1. The van der Waals surface area contributed by atoms with Gasteiger partial charge in [0, 0.05) is 18.7 Å². The Hall–Kier alpha value is -3.41. The van der Waals surface area contributed by atoms with Gasteiger partial charge in [-0.2, -0.15) is 0 Å². The predicted octanol–water partition coefficient (Wildman–Crippen LogP) is 5.48. The van der Waals surface area contributed by atoms with Gasteiger partial charge in [-0.25, -0.2) is 9.37 Å². The number of carbonyl (C=O) groups is 1. The van der Waals surface area contributed by atoms with E-state index in [1.54, 1.807) is 13.0 Å². The van der Waals surface area contributed by atoms with E-state index in [1.165, 1.54) is 17.7 Å². The van der Waals surface area contributed by atoms with Gasteiger partial charge in [0.1, 0.15) is 17.4 Å². The zero-order valence-corrected chi connectivity index (χ0v) is 19.6. The topological polar surface area (TPSA) is 60.5 Å². The van der Waals surface area contributed by atoms with Crippen LogP contribution in [0.1, 0.15) is 48.1 Å². The van der Waals surface area contributed by atoms with Crippen molar-refractivity contribution in [3.05, 3.63) is 88.9 Å². The highest BCUT2D eigenvalue weighted by molar-refractivity contribution is 5.70. The largest absolute Gasteiger partial charge is 0.493 e. The summed E-state index contributed by atoms with van der Waals surface area (Å²) in [6.45, 7) is 3.64. The molecule has 6 heteroatoms. The Morgan fingerprint density at radius 3 is 2.79 bits per heavy atom. The summed E-state index contributed by atoms with van der Waals surface area (Å²) < 4.78 is 24.8. The van der Waals surface area contributed by atoms with Gasteiger partial charge in [0.25, 0.3) is 0 Å². The van der Waals surface area contributed by atoms with Crippen LogP contribution < -0.4 is 10.1 Å². The van der Waals surface area contributed by atoms with Crippen LogP contribution in [-0.2, 0) is 28.8 Å². The summed E-state index contributed by atoms with van der Waals surface area (Å²) in [6, 6.07) is 18.5. The lowest BCUT2D eigenvalue weighted by atomic mass is 9.89. The molecule has 0 aliphatic carbocycles. The van der Waals surface area contributed by atoms with Crippen molar-refractivity contribution >= 4 is 11.8 Å². The molecule has 4 rings (SSSR count). The first-order chi connectivity index (χ1) is 16.6. The number of benzene rings is 2. The summed E-state index contributed by atoms with van der Waals surface area (Å²) >= 11 is 0. The molecule has 0 fully saturated rings. The minimum Gasteiger partial charge on any atom is -0.493 e. The van der Waals surface area contributed by atoms with E-state index < -0.39 is 0 Å². The number of esters is 1. The lowest BCUT2D eigenvalue weighted by Gasteiger charge is -2.18. The van der Waals surface area contributed by atoms with Gasteiger partial charge < -0.3 is 14.8 Å². The van der Waals surface area contributed by atoms with E-state index in [-0.39, 0.29) is 24.1 Å². The molecular weight excluding hydrogens is 431 g/mol. The molecule has 0 radical (unpaired) electrons. The fraction of sp³-hybridized carbons (Fsp3) is 0.357. The van der Waals surface area contributed by atoms with Gasteiger partial charge in [0.05, 0.1) is 19.6 Å². The molecule has 1 aromatic heterocycles. The third kappa shape index (κ3) is 6.56. The van der Waals surface area contributed by atoms with Crippen LogP contribution in [0.3, 0.4) is 0 Å². The molecule has 1 atom stereocenters. The summed E-state index contributed by atoms with van der Waals surface area (Å²) in [7, 11) is 0.